The standard InChI is InChI=1S/C14H20F3N3O2.HI/c1-3-21-8-7-19-14(18-2)20-9-10-11(15)5-4-6-12(10)22-13(16)17;/h4-6,13H,3,7-9H2,1-2H3,(H2,18,19,20);1H. The largest absolute Gasteiger partial charge is 0.434 e. The quantitative estimate of drug-likeness (QED) is 0.279. The minimum absolute atomic E-state index is 0. The van der Waals surface area contributed by atoms with Crippen LogP contribution in [-0.2, 0) is 11.3 Å². The summed E-state index contributed by atoms with van der Waals surface area (Å²) in [4.78, 5) is 3.95. The number of hydrogen-bond donors (Lipinski definition) is 2. The molecule has 0 unspecified atom stereocenters. The minimum atomic E-state index is -3.01. The minimum Gasteiger partial charge on any atom is -0.434 e. The van der Waals surface area contributed by atoms with Gasteiger partial charge in [-0.05, 0) is 19.1 Å². The molecule has 0 aliphatic heterocycles. The number of halogens is 4. The van der Waals surface area contributed by atoms with Crippen LogP contribution in [0.3, 0.4) is 0 Å². The molecular formula is C14H21F3IN3O2. The first kappa shape index (κ1) is 21.8. The molecule has 132 valence electrons. The average Bonchev–Trinajstić information content (AvgIpc) is 2.48. The van der Waals surface area contributed by atoms with Gasteiger partial charge in [-0.1, -0.05) is 6.07 Å². The zero-order chi connectivity index (χ0) is 16.4. The van der Waals surface area contributed by atoms with E-state index in [0.29, 0.717) is 25.7 Å². The summed E-state index contributed by atoms with van der Waals surface area (Å²) in [5, 5.41) is 5.79. The molecule has 23 heavy (non-hydrogen) atoms. The Labute approximate surface area is 150 Å². The van der Waals surface area contributed by atoms with Gasteiger partial charge in [0.25, 0.3) is 0 Å². The SMILES string of the molecule is CCOCCNC(=NC)NCc1c(F)cccc1OC(F)F.I. The summed E-state index contributed by atoms with van der Waals surface area (Å²) in [6.45, 7) is 0.460. The molecule has 0 saturated carbocycles. The molecule has 0 fully saturated rings. The average molecular weight is 447 g/mol. The molecule has 1 aromatic carbocycles. The molecule has 2 N–H and O–H groups in total. The summed E-state index contributed by atoms with van der Waals surface area (Å²) in [5.74, 6) is -0.423. The molecule has 0 saturated heterocycles. The third-order valence-corrected chi connectivity index (χ3v) is 2.69. The van der Waals surface area contributed by atoms with E-state index < -0.39 is 12.4 Å². The Balaban J connectivity index is 0.00000484. The first-order chi connectivity index (χ1) is 10.6. The van der Waals surface area contributed by atoms with Crippen LogP contribution in [0.2, 0.25) is 0 Å². The van der Waals surface area contributed by atoms with Crippen LogP contribution in [0.25, 0.3) is 0 Å². The second kappa shape index (κ2) is 12.2. The maximum absolute atomic E-state index is 13.8. The Morgan fingerprint density at radius 1 is 1.30 bits per heavy atom. The molecular weight excluding hydrogens is 426 g/mol. The van der Waals surface area contributed by atoms with E-state index in [9.17, 15) is 13.2 Å². The van der Waals surface area contributed by atoms with Crippen LogP contribution in [0.4, 0.5) is 13.2 Å². The van der Waals surface area contributed by atoms with Crippen molar-refractivity contribution >= 4 is 29.9 Å². The van der Waals surface area contributed by atoms with Crippen LogP contribution in [0.1, 0.15) is 12.5 Å². The number of hydrogen-bond acceptors (Lipinski definition) is 3. The maximum Gasteiger partial charge on any atom is 0.387 e. The van der Waals surface area contributed by atoms with Crippen molar-refractivity contribution in [2.24, 2.45) is 4.99 Å². The molecule has 9 heteroatoms. The third-order valence-electron chi connectivity index (χ3n) is 2.69. The van der Waals surface area contributed by atoms with Crippen molar-refractivity contribution < 1.29 is 22.6 Å². The van der Waals surface area contributed by atoms with E-state index >= 15 is 0 Å². The van der Waals surface area contributed by atoms with Gasteiger partial charge in [-0.15, -0.1) is 24.0 Å². The normalized spacial score (nSPS) is 11.1. The van der Waals surface area contributed by atoms with Gasteiger partial charge in [-0.3, -0.25) is 4.99 Å². The van der Waals surface area contributed by atoms with E-state index in [4.69, 9.17) is 4.74 Å². The number of ether oxygens (including phenoxy) is 2. The first-order valence-corrected chi connectivity index (χ1v) is 6.83. The smallest absolute Gasteiger partial charge is 0.387 e. The fourth-order valence-electron chi connectivity index (χ4n) is 1.70. The van der Waals surface area contributed by atoms with E-state index in [1.165, 1.54) is 18.2 Å². The summed E-state index contributed by atoms with van der Waals surface area (Å²) >= 11 is 0. The van der Waals surface area contributed by atoms with Crippen molar-refractivity contribution in [3.05, 3.63) is 29.6 Å². The highest BCUT2D eigenvalue weighted by Gasteiger charge is 2.14. The zero-order valence-electron chi connectivity index (χ0n) is 12.9. The predicted octanol–water partition coefficient (Wildman–Crippen LogP) is 2.75. The Morgan fingerprint density at radius 2 is 2.04 bits per heavy atom. The molecule has 0 bridgehead atoms. The zero-order valence-corrected chi connectivity index (χ0v) is 15.3. The third kappa shape index (κ3) is 8.26. The maximum atomic E-state index is 13.8. The lowest BCUT2D eigenvalue weighted by atomic mass is 10.2. The van der Waals surface area contributed by atoms with E-state index in [1.54, 1.807) is 7.05 Å². The van der Waals surface area contributed by atoms with Gasteiger partial charge in [0.15, 0.2) is 5.96 Å². The van der Waals surface area contributed by atoms with Crippen LogP contribution in [-0.4, -0.2) is 39.4 Å². The fourth-order valence-corrected chi connectivity index (χ4v) is 1.70. The van der Waals surface area contributed by atoms with Gasteiger partial charge >= 0.3 is 6.61 Å². The molecule has 0 atom stereocenters. The van der Waals surface area contributed by atoms with Gasteiger partial charge in [-0.2, -0.15) is 8.78 Å². The van der Waals surface area contributed by atoms with Crippen molar-refractivity contribution in [3.8, 4) is 5.75 Å². The molecule has 0 heterocycles. The van der Waals surface area contributed by atoms with Crippen LogP contribution < -0.4 is 15.4 Å². The summed E-state index contributed by atoms with van der Waals surface area (Å²) in [7, 11) is 1.55. The molecule has 0 aliphatic rings. The number of rotatable bonds is 8. The van der Waals surface area contributed by atoms with Crippen LogP contribution in [0.5, 0.6) is 5.75 Å². The highest BCUT2D eigenvalue weighted by Crippen LogP contribution is 2.23. The molecule has 1 aromatic rings. The fraction of sp³-hybridized carbons (Fsp3) is 0.500. The molecule has 0 amide bonds. The molecule has 0 spiro atoms. The van der Waals surface area contributed by atoms with Crippen molar-refractivity contribution in [3.63, 3.8) is 0 Å². The lowest BCUT2D eigenvalue weighted by molar-refractivity contribution is -0.0506. The molecule has 1 rings (SSSR count). The van der Waals surface area contributed by atoms with Crippen molar-refractivity contribution in [1.29, 1.82) is 0 Å². The van der Waals surface area contributed by atoms with Gasteiger partial charge in [0.2, 0.25) is 0 Å². The molecule has 0 aromatic heterocycles. The van der Waals surface area contributed by atoms with Crippen molar-refractivity contribution in [1.82, 2.24) is 10.6 Å². The number of aliphatic imine (C=N–C) groups is 1. The second-order valence-corrected chi connectivity index (χ2v) is 4.14. The summed E-state index contributed by atoms with van der Waals surface area (Å²) < 4.78 is 47.9. The Hall–Kier alpha value is -1.23. The van der Waals surface area contributed by atoms with E-state index in [1.807, 2.05) is 6.92 Å². The monoisotopic (exact) mass is 447 g/mol. The number of benzene rings is 1. The first-order valence-electron chi connectivity index (χ1n) is 6.83. The summed E-state index contributed by atoms with van der Waals surface area (Å²) in [6.07, 6.45) is 0. The highest BCUT2D eigenvalue weighted by molar-refractivity contribution is 14.0. The topological polar surface area (TPSA) is 54.9 Å². The lowest BCUT2D eigenvalue weighted by Crippen LogP contribution is -2.38. The van der Waals surface area contributed by atoms with Crippen molar-refractivity contribution in [2.45, 2.75) is 20.1 Å². The van der Waals surface area contributed by atoms with E-state index in [0.717, 1.165) is 0 Å². The summed E-state index contributed by atoms with van der Waals surface area (Å²) in [6, 6.07) is 3.78. The van der Waals surface area contributed by atoms with Gasteiger partial charge in [-0.25, -0.2) is 4.39 Å². The Bertz CT molecular complexity index is 490. The lowest BCUT2D eigenvalue weighted by Gasteiger charge is -2.15. The van der Waals surface area contributed by atoms with Crippen LogP contribution in [0, 0.1) is 5.82 Å². The van der Waals surface area contributed by atoms with Gasteiger partial charge in [0.05, 0.1) is 6.61 Å². The van der Waals surface area contributed by atoms with Gasteiger partial charge in [0.1, 0.15) is 11.6 Å². The Kier molecular flexibility index (Phi) is 11.6. The molecule has 0 radical (unpaired) electrons. The molecule has 5 nitrogen and oxygen atoms in total. The Morgan fingerprint density at radius 3 is 2.65 bits per heavy atom. The molecule has 0 aliphatic carbocycles. The number of nitrogens with zero attached hydrogens (tertiary/aromatic N) is 1. The van der Waals surface area contributed by atoms with Crippen LogP contribution in [0.15, 0.2) is 23.2 Å². The second-order valence-electron chi connectivity index (χ2n) is 4.14. The number of alkyl halides is 2. The number of nitrogens with one attached hydrogen (secondary N) is 2. The number of guanidine groups is 1. The van der Waals surface area contributed by atoms with E-state index in [-0.39, 0.29) is 41.8 Å². The van der Waals surface area contributed by atoms with Gasteiger partial charge in [0, 0.05) is 32.3 Å². The van der Waals surface area contributed by atoms with Gasteiger partial charge < -0.3 is 20.1 Å². The summed E-state index contributed by atoms with van der Waals surface area (Å²) in [5.41, 5.74) is 0.00978. The predicted molar refractivity (Wildman–Crippen MR) is 93.1 cm³/mol. The van der Waals surface area contributed by atoms with Crippen molar-refractivity contribution in [2.75, 3.05) is 26.8 Å². The highest BCUT2D eigenvalue weighted by atomic mass is 127. The van der Waals surface area contributed by atoms with Crippen LogP contribution >= 0.6 is 24.0 Å². The van der Waals surface area contributed by atoms with E-state index in [2.05, 4.69) is 20.4 Å².